The third-order valence-electron chi connectivity index (χ3n) is 4.74. The number of piperidine rings is 1. The molecule has 0 spiro atoms. The molecule has 2 atom stereocenters. The molecule has 0 bridgehead atoms. The minimum Gasteiger partial charge on any atom is -0.489 e. The number of nitrogens with one attached hydrogen (secondary N) is 2. The predicted octanol–water partition coefficient (Wildman–Crippen LogP) is 4.46. The summed E-state index contributed by atoms with van der Waals surface area (Å²) in [5.74, 6) is 0.553. The first-order chi connectivity index (χ1) is 12.5. The van der Waals surface area contributed by atoms with Gasteiger partial charge in [0.05, 0.1) is 0 Å². The van der Waals surface area contributed by atoms with E-state index in [4.69, 9.17) is 4.74 Å². The summed E-state index contributed by atoms with van der Waals surface area (Å²) in [7, 11) is 0. The first-order valence-corrected chi connectivity index (χ1v) is 9.03. The molecule has 0 aliphatic carbocycles. The van der Waals surface area contributed by atoms with Gasteiger partial charge in [-0.15, -0.1) is 12.4 Å². The zero-order chi connectivity index (χ0) is 18.5. The molecular formula is C21H26ClFN2O2. The Labute approximate surface area is 165 Å². The molecule has 2 N–H and O–H groups in total. The van der Waals surface area contributed by atoms with E-state index in [9.17, 15) is 9.18 Å². The summed E-state index contributed by atoms with van der Waals surface area (Å²) in [6, 6.07) is 12.3. The third-order valence-corrected chi connectivity index (χ3v) is 4.74. The molecule has 1 aliphatic heterocycles. The minimum absolute atomic E-state index is 0. The molecule has 1 fully saturated rings. The maximum absolute atomic E-state index is 13.2. The van der Waals surface area contributed by atoms with E-state index in [-0.39, 0.29) is 30.0 Å². The number of carbonyl (C=O) groups is 1. The maximum Gasteiger partial charge on any atom is 0.227 e. The molecule has 0 radical (unpaired) electrons. The van der Waals surface area contributed by atoms with Gasteiger partial charge >= 0.3 is 0 Å². The summed E-state index contributed by atoms with van der Waals surface area (Å²) < 4.78 is 18.9. The Morgan fingerprint density at radius 1 is 1.30 bits per heavy atom. The van der Waals surface area contributed by atoms with Gasteiger partial charge < -0.3 is 15.4 Å². The number of rotatable bonds is 5. The lowest BCUT2D eigenvalue weighted by Gasteiger charge is -2.27. The zero-order valence-corrected chi connectivity index (χ0v) is 16.4. The second kappa shape index (κ2) is 9.72. The molecule has 6 heteroatoms. The Morgan fingerprint density at radius 2 is 2.11 bits per heavy atom. The highest BCUT2D eigenvalue weighted by Gasteiger charge is 2.24. The number of carbonyl (C=O) groups excluding carboxylic acids is 1. The summed E-state index contributed by atoms with van der Waals surface area (Å²) in [4.78, 5) is 12.5. The Hall–Kier alpha value is -2.11. The fraction of sp³-hybridized carbons (Fsp3) is 0.381. The smallest absolute Gasteiger partial charge is 0.227 e. The van der Waals surface area contributed by atoms with Crippen LogP contribution in [0.2, 0.25) is 0 Å². The molecule has 1 heterocycles. The van der Waals surface area contributed by atoms with Crippen LogP contribution < -0.4 is 15.4 Å². The van der Waals surface area contributed by atoms with Crippen molar-refractivity contribution >= 4 is 24.0 Å². The van der Waals surface area contributed by atoms with Crippen molar-refractivity contribution in [3.8, 4) is 5.75 Å². The second-order valence-corrected chi connectivity index (χ2v) is 6.96. The van der Waals surface area contributed by atoms with Crippen LogP contribution in [0.25, 0.3) is 0 Å². The molecule has 2 aromatic carbocycles. The second-order valence-electron chi connectivity index (χ2n) is 6.96. The number of halogens is 2. The van der Waals surface area contributed by atoms with Gasteiger partial charge in [0, 0.05) is 17.6 Å². The van der Waals surface area contributed by atoms with Crippen LogP contribution in [-0.2, 0) is 11.4 Å². The number of aryl methyl sites for hydroxylation is 1. The van der Waals surface area contributed by atoms with E-state index in [0.717, 1.165) is 36.2 Å². The van der Waals surface area contributed by atoms with Gasteiger partial charge in [-0.1, -0.05) is 12.1 Å². The number of hydrogen-bond donors (Lipinski definition) is 2. The molecule has 1 saturated heterocycles. The Bertz CT molecular complexity index is 785. The van der Waals surface area contributed by atoms with E-state index in [1.165, 1.54) is 12.1 Å². The fourth-order valence-electron chi connectivity index (χ4n) is 3.26. The van der Waals surface area contributed by atoms with E-state index in [2.05, 4.69) is 17.6 Å². The van der Waals surface area contributed by atoms with Gasteiger partial charge in [-0.05, 0) is 74.7 Å². The van der Waals surface area contributed by atoms with E-state index in [1.54, 1.807) is 6.07 Å². The van der Waals surface area contributed by atoms with Crippen LogP contribution in [0.3, 0.4) is 0 Å². The molecule has 3 rings (SSSR count). The molecule has 0 unspecified atom stereocenters. The lowest BCUT2D eigenvalue weighted by molar-refractivity contribution is -0.120. The topological polar surface area (TPSA) is 50.4 Å². The first kappa shape index (κ1) is 21.2. The summed E-state index contributed by atoms with van der Waals surface area (Å²) in [5, 5.41) is 6.40. The first-order valence-electron chi connectivity index (χ1n) is 9.03. The monoisotopic (exact) mass is 392 g/mol. The lowest BCUT2D eigenvalue weighted by atomic mass is 9.92. The number of amides is 1. The Morgan fingerprint density at radius 3 is 2.81 bits per heavy atom. The van der Waals surface area contributed by atoms with Crippen LogP contribution in [0.1, 0.15) is 30.9 Å². The van der Waals surface area contributed by atoms with Crippen molar-refractivity contribution in [2.24, 2.45) is 5.92 Å². The summed E-state index contributed by atoms with van der Waals surface area (Å²) in [6.07, 6.45) is 1.73. The summed E-state index contributed by atoms with van der Waals surface area (Å²) >= 11 is 0. The zero-order valence-electron chi connectivity index (χ0n) is 15.6. The highest BCUT2D eigenvalue weighted by atomic mass is 35.5. The van der Waals surface area contributed by atoms with Crippen molar-refractivity contribution in [1.82, 2.24) is 5.32 Å². The highest BCUT2D eigenvalue weighted by molar-refractivity contribution is 5.93. The SMILES string of the molecule is Cc1cc(OCc2cccc(F)c2)ccc1NC(=O)[C@H]1CCN[C@@H](C)C1.Cl. The van der Waals surface area contributed by atoms with Gasteiger partial charge in [0.15, 0.2) is 0 Å². The molecular weight excluding hydrogens is 367 g/mol. The third kappa shape index (κ3) is 5.94. The molecule has 2 aromatic rings. The van der Waals surface area contributed by atoms with E-state index in [1.807, 2.05) is 31.2 Å². The van der Waals surface area contributed by atoms with Gasteiger partial charge in [-0.2, -0.15) is 0 Å². The van der Waals surface area contributed by atoms with Gasteiger partial charge in [-0.25, -0.2) is 4.39 Å². The van der Waals surface area contributed by atoms with Crippen molar-refractivity contribution in [2.75, 3.05) is 11.9 Å². The van der Waals surface area contributed by atoms with Crippen LogP contribution >= 0.6 is 12.4 Å². The molecule has 4 nitrogen and oxygen atoms in total. The van der Waals surface area contributed by atoms with E-state index < -0.39 is 0 Å². The van der Waals surface area contributed by atoms with Crippen LogP contribution in [-0.4, -0.2) is 18.5 Å². The van der Waals surface area contributed by atoms with Gasteiger partial charge in [0.25, 0.3) is 0 Å². The van der Waals surface area contributed by atoms with Gasteiger partial charge in [0.1, 0.15) is 18.2 Å². The fourth-order valence-corrected chi connectivity index (χ4v) is 3.26. The Balaban J connectivity index is 0.00000261. The molecule has 0 saturated carbocycles. The summed E-state index contributed by atoms with van der Waals surface area (Å²) in [5.41, 5.74) is 2.52. The van der Waals surface area contributed by atoms with Crippen molar-refractivity contribution in [2.45, 2.75) is 39.3 Å². The predicted molar refractivity (Wildman–Crippen MR) is 108 cm³/mol. The molecule has 146 valence electrons. The average molecular weight is 393 g/mol. The van der Waals surface area contributed by atoms with E-state index in [0.29, 0.717) is 18.4 Å². The number of anilines is 1. The van der Waals surface area contributed by atoms with Crippen LogP contribution in [0.5, 0.6) is 5.75 Å². The largest absolute Gasteiger partial charge is 0.489 e. The quantitative estimate of drug-likeness (QED) is 0.789. The molecule has 27 heavy (non-hydrogen) atoms. The van der Waals surface area contributed by atoms with Crippen LogP contribution in [0, 0.1) is 18.7 Å². The molecule has 1 aliphatic rings. The van der Waals surface area contributed by atoms with Crippen molar-refractivity contribution in [3.63, 3.8) is 0 Å². The number of hydrogen-bond acceptors (Lipinski definition) is 3. The van der Waals surface area contributed by atoms with Crippen molar-refractivity contribution < 1.29 is 13.9 Å². The van der Waals surface area contributed by atoms with Gasteiger partial charge in [-0.3, -0.25) is 4.79 Å². The minimum atomic E-state index is -0.271. The summed E-state index contributed by atoms with van der Waals surface area (Å²) in [6.45, 7) is 5.23. The molecule has 0 aromatic heterocycles. The van der Waals surface area contributed by atoms with E-state index >= 15 is 0 Å². The van der Waals surface area contributed by atoms with Crippen molar-refractivity contribution in [1.29, 1.82) is 0 Å². The lowest BCUT2D eigenvalue weighted by Crippen LogP contribution is -2.40. The van der Waals surface area contributed by atoms with Crippen molar-refractivity contribution in [3.05, 3.63) is 59.4 Å². The highest BCUT2D eigenvalue weighted by Crippen LogP contribution is 2.24. The normalized spacial score (nSPS) is 19.1. The number of benzene rings is 2. The van der Waals surface area contributed by atoms with Crippen LogP contribution in [0.15, 0.2) is 42.5 Å². The maximum atomic E-state index is 13.2. The average Bonchev–Trinajstić information content (AvgIpc) is 2.62. The van der Waals surface area contributed by atoms with Crippen LogP contribution in [0.4, 0.5) is 10.1 Å². The van der Waals surface area contributed by atoms with Gasteiger partial charge in [0.2, 0.25) is 5.91 Å². The molecule has 1 amide bonds. The standard InChI is InChI=1S/C21H25FN2O2.ClH/c1-14-10-19(26-13-16-4-3-5-18(22)12-16)6-7-20(14)24-21(25)17-8-9-23-15(2)11-17;/h3-7,10,12,15,17,23H,8-9,11,13H2,1-2H3,(H,24,25);1H/t15-,17-;/m0./s1. The number of ether oxygens (including phenoxy) is 1. The Kier molecular flexibility index (Phi) is 7.63.